The van der Waals surface area contributed by atoms with E-state index in [1.807, 2.05) is 32.0 Å². The molecular weight excluding hydrogens is 224 g/mol. The number of nitrogens with zero attached hydrogens (tertiary/aromatic N) is 2. The Bertz CT molecular complexity index is 390. The summed E-state index contributed by atoms with van der Waals surface area (Å²) in [6.07, 6.45) is 0.916. The fraction of sp³-hybridized carbons (Fsp3) is 0.600. The molecule has 3 nitrogen and oxygen atoms in total. The molecule has 0 radical (unpaired) electrons. The molecule has 1 unspecified atom stereocenters. The molecule has 1 rings (SSSR count). The van der Waals surface area contributed by atoms with Gasteiger partial charge in [0.15, 0.2) is 0 Å². The molecular formula is C15H24N2O. The van der Waals surface area contributed by atoms with Gasteiger partial charge in [-0.25, -0.2) is 0 Å². The number of hydrogen-bond acceptors (Lipinski definition) is 3. The first-order valence-corrected chi connectivity index (χ1v) is 6.74. The van der Waals surface area contributed by atoms with Crippen molar-refractivity contribution in [3.63, 3.8) is 0 Å². The summed E-state index contributed by atoms with van der Waals surface area (Å²) in [7, 11) is 0. The van der Waals surface area contributed by atoms with E-state index in [4.69, 9.17) is 0 Å². The van der Waals surface area contributed by atoms with Crippen LogP contribution in [0.2, 0.25) is 0 Å². The molecule has 0 saturated heterocycles. The zero-order chi connectivity index (χ0) is 13.5. The number of rotatable bonds is 7. The Balaban J connectivity index is 2.59. The van der Waals surface area contributed by atoms with Gasteiger partial charge < -0.3 is 0 Å². The van der Waals surface area contributed by atoms with Crippen molar-refractivity contribution in [2.45, 2.75) is 40.7 Å². The van der Waals surface area contributed by atoms with Gasteiger partial charge in [0.2, 0.25) is 0 Å². The van der Waals surface area contributed by atoms with E-state index in [2.05, 4.69) is 23.7 Å². The summed E-state index contributed by atoms with van der Waals surface area (Å²) in [6, 6.07) is 6.02. The predicted molar refractivity (Wildman–Crippen MR) is 74.4 cm³/mol. The van der Waals surface area contributed by atoms with Crippen LogP contribution in [-0.4, -0.2) is 28.8 Å². The summed E-state index contributed by atoms with van der Waals surface area (Å²) in [5.41, 5.74) is 2.06. The lowest BCUT2D eigenvalue weighted by Crippen LogP contribution is -2.32. The van der Waals surface area contributed by atoms with Crippen LogP contribution in [0.15, 0.2) is 18.2 Å². The van der Waals surface area contributed by atoms with E-state index < -0.39 is 0 Å². The van der Waals surface area contributed by atoms with E-state index in [-0.39, 0.29) is 5.92 Å². The van der Waals surface area contributed by atoms with Crippen LogP contribution in [0.3, 0.4) is 0 Å². The second kappa shape index (κ2) is 7.27. The van der Waals surface area contributed by atoms with Gasteiger partial charge in [-0.15, -0.1) is 0 Å². The molecule has 0 aliphatic carbocycles. The first-order chi connectivity index (χ1) is 8.56. The number of aromatic nitrogens is 1. The molecule has 1 heterocycles. The highest BCUT2D eigenvalue weighted by atomic mass is 16.1. The molecule has 0 aromatic carbocycles. The Morgan fingerprint density at radius 2 is 2.11 bits per heavy atom. The maximum Gasteiger partial charge on any atom is 0.149 e. The average molecular weight is 248 g/mol. The van der Waals surface area contributed by atoms with E-state index in [0.717, 1.165) is 30.9 Å². The van der Waals surface area contributed by atoms with E-state index in [0.29, 0.717) is 12.3 Å². The molecule has 1 atom stereocenters. The molecule has 0 amide bonds. The average Bonchev–Trinajstić information content (AvgIpc) is 2.36. The van der Waals surface area contributed by atoms with E-state index in [1.165, 1.54) is 0 Å². The van der Waals surface area contributed by atoms with Gasteiger partial charge in [0, 0.05) is 18.2 Å². The summed E-state index contributed by atoms with van der Waals surface area (Å²) in [5, 5.41) is 0. The number of Topliss-reactive ketones (excluding diaryl/α,β-unsaturated/α-hetero) is 1. The minimum atomic E-state index is 0.157. The third-order valence-corrected chi connectivity index (χ3v) is 3.32. The minimum absolute atomic E-state index is 0.157. The van der Waals surface area contributed by atoms with Crippen LogP contribution in [0.1, 0.15) is 38.6 Å². The maximum absolute atomic E-state index is 11.9. The highest BCUT2D eigenvalue weighted by Crippen LogP contribution is 2.07. The quantitative estimate of drug-likeness (QED) is 0.744. The summed E-state index contributed by atoms with van der Waals surface area (Å²) < 4.78 is 0. The van der Waals surface area contributed by atoms with Crippen molar-refractivity contribution >= 4 is 5.78 Å². The van der Waals surface area contributed by atoms with Crippen molar-refractivity contribution in [3.8, 4) is 0 Å². The SMILES string of the molecule is CCC(C)C(=O)CN(CC)Cc1cccc(C)n1. The summed E-state index contributed by atoms with van der Waals surface area (Å²) in [4.78, 5) is 18.6. The molecule has 3 heteroatoms. The topological polar surface area (TPSA) is 33.2 Å². The predicted octanol–water partition coefficient (Wildman–Crippen LogP) is 2.83. The van der Waals surface area contributed by atoms with Gasteiger partial charge in [0.1, 0.15) is 5.78 Å². The number of pyridine rings is 1. The van der Waals surface area contributed by atoms with Gasteiger partial charge in [-0.1, -0.05) is 26.8 Å². The van der Waals surface area contributed by atoms with Crippen LogP contribution in [0, 0.1) is 12.8 Å². The highest BCUT2D eigenvalue weighted by molar-refractivity contribution is 5.82. The van der Waals surface area contributed by atoms with E-state index in [1.54, 1.807) is 0 Å². The van der Waals surface area contributed by atoms with Crippen molar-refractivity contribution in [1.82, 2.24) is 9.88 Å². The summed E-state index contributed by atoms with van der Waals surface area (Å²) in [6.45, 7) is 10.3. The van der Waals surface area contributed by atoms with Crippen LogP contribution in [-0.2, 0) is 11.3 Å². The third kappa shape index (κ3) is 4.57. The molecule has 0 bridgehead atoms. The molecule has 18 heavy (non-hydrogen) atoms. The fourth-order valence-electron chi connectivity index (χ4n) is 1.80. The smallest absolute Gasteiger partial charge is 0.149 e. The zero-order valence-corrected chi connectivity index (χ0v) is 11.9. The number of likely N-dealkylation sites (N-methyl/N-ethyl adjacent to an activating group) is 1. The second-order valence-electron chi connectivity index (χ2n) is 4.85. The van der Waals surface area contributed by atoms with Crippen LogP contribution >= 0.6 is 0 Å². The van der Waals surface area contributed by atoms with E-state index >= 15 is 0 Å². The number of hydrogen-bond donors (Lipinski definition) is 0. The molecule has 1 aromatic rings. The number of carbonyl (C=O) groups excluding carboxylic acids is 1. The van der Waals surface area contributed by atoms with E-state index in [9.17, 15) is 4.79 Å². The number of ketones is 1. The molecule has 1 aromatic heterocycles. The summed E-state index contributed by atoms with van der Waals surface area (Å²) >= 11 is 0. The second-order valence-corrected chi connectivity index (χ2v) is 4.85. The zero-order valence-electron chi connectivity index (χ0n) is 11.9. The van der Waals surface area contributed by atoms with Gasteiger partial charge in [0.05, 0.1) is 12.2 Å². The number of carbonyl (C=O) groups is 1. The molecule has 0 N–H and O–H groups in total. The minimum Gasteiger partial charge on any atom is -0.298 e. The normalized spacial score (nSPS) is 12.7. The fourth-order valence-corrected chi connectivity index (χ4v) is 1.80. The maximum atomic E-state index is 11.9. The number of aryl methyl sites for hydroxylation is 1. The Kier molecular flexibility index (Phi) is 5.99. The van der Waals surface area contributed by atoms with Gasteiger partial charge in [0.25, 0.3) is 0 Å². The Labute approximate surface area is 110 Å². The Morgan fingerprint density at radius 3 is 2.67 bits per heavy atom. The Hall–Kier alpha value is -1.22. The van der Waals surface area contributed by atoms with Gasteiger partial charge in [-0.3, -0.25) is 14.7 Å². The van der Waals surface area contributed by atoms with Gasteiger partial charge in [-0.05, 0) is 32.0 Å². The molecule has 0 aliphatic rings. The third-order valence-electron chi connectivity index (χ3n) is 3.32. The van der Waals surface area contributed by atoms with Crippen LogP contribution < -0.4 is 0 Å². The lowest BCUT2D eigenvalue weighted by Gasteiger charge is -2.20. The summed E-state index contributed by atoms with van der Waals surface area (Å²) in [5.74, 6) is 0.483. The van der Waals surface area contributed by atoms with Crippen molar-refractivity contribution in [2.24, 2.45) is 5.92 Å². The first kappa shape index (κ1) is 14.8. The van der Waals surface area contributed by atoms with Crippen LogP contribution in [0.25, 0.3) is 0 Å². The molecule has 0 spiro atoms. The van der Waals surface area contributed by atoms with Crippen LogP contribution in [0.4, 0.5) is 0 Å². The van der Waals surface area contributed by atoms with Crippen molar-refractivity contribution < 1.29 is 4.79 Å². The van der Waals surface area contributed by atoms with Crippen molar-refractivity contribution in [3.05, 3.63) is 29.6 Å². The standard InChI is InChI=1S/C15H24N2O/c1-5-12(3)15(18)11-17(6-2)10-14-9-7-8-13(4)16-14/h7-9,12H,5-6,10-11H2,1-4H3. The van der Waals surface area contributed by atoms with Gasteiger partial charge in [-0.2, -0.15) is 0 Å². The van der Waals surface area contributed by atoms with Crippen molar-refractivity contribution in [1.29, 1.82) is 0 Å². The Morgan fingerprint density at radius 1 is 1.39 bits per heavy atom. The highest BCUT2D eigenvalue weighted by Gasteiger charge is 2.15. The molecule has 0 saturated carbocycles. The molecule has 0 aliphatic heterocycles. The van der Waals surface area contributed by atoms with Crippen LogP contribution in [0.5, 0.6) is 0 Å². The largest absolute Gasteiger partial charge is 0.298 e. The van der Waals surface area contributed by atoms with Crippen molar-refractivity contribution in [2.75, 3.05) is 13.1 Å². The first-order valence-electron chi connectivity index (χ1n) is 6.74. The molecule has 100 valence electrons. The molecule has 0 fully saturated rings. The van der Waals surface area contributed by atoms with Gasteiger partial charge >= 0.3 is 0 Å². The monoisotopic (exact) mass is 248 g/mol. The lowest BCUT2D eigenvalue weighted by atomic mass is 10.0. The lowest BCUT2D eigenvalue weighted by molar-refractivity contribution is -0.123.